The zero-order valence-electron chi connectivity index (χ0n) is 11.0. The number of carbonyl (C=O) groups is 1. The number of benzene rings is 1. The standard InChI is InChI=1S/C16H20O3/c17-14(11-4-1-2-5-11)12-6-3-7-13(10-12)16(8-9-16)15(18)19/h3,6-7,10-11,14,17H,1-2,4-5,8-9H2,(H,18,19). The van der Waals surface area contributed by atoms with Crippen molar-refractivity contribution in [2.75, 3.05) is 0 Å². The smallest absolute Gasteiger partial charge is 0.314 e. The highest BCUT2D eigenvalue weighted by Crippen LogP contribution is 2.49. The van der Waals surface area contributed by atoms with Gasteiger partial charge in [0, 0.05) is 0 Å². The van der Waals surface area contributed by atoms with E-state index in [-0.39, 0.29) is 0 Å². The number of carboxylic acid groups (broad SMARTS) is 1. The van der Waals surface area contributed by atoms with Crippen molar-refractivity contribution >= 4 is 5.97 Å². The Morgan fingerprint density at radius 2 is 1.95 bits per heavy atom. The molecular weight excluding hydrogens is 240 g/mol. The fourth-order valence-corrected chi connectivity index (χ4v) is 3.32. The molecule has 19 heavy (non-hydrogen) atoms. The second-order valence-corrected chi connectivity index (χ2v) is 6.00. The van der Waals surface area contributed by atoms with Gasteiger partial charge in [0.15, 0.2) is 0 Å². The average molecular weight is 260 g/mol. The lowest BCUT2D eigenvalue weighted by Crippen LogP contribution is -2.20. The molecule has 3 heteroatoms. The number of hydrogen-bond donors (Lipinski definition) is 2. The molecule has 2 N–H and O–H groups in total. The first-order valence-corrected chi connectivity index (χ1v) is 7.15. The highest BCUT2D eigenvalue weighted by molar-refractivity contribution is 5.84. The minimum absolute atomic E-state index is 0.343. The minimum Gasteiger partial charge on any atom is -0.481 e. The minimum atomic E-state index is -0.736. The molecule has 1 atom stereocenters. The molecule has 102 valence electrons. The van der Waals surface area contributed by atoms with Crippen LogP contribution in [0, 0.1) is 5.92 Å². The molecule has 2 fully saturated rings. The summed E-state index contributed by atoms with van der Waals surface area (Å²) >= 11 is 0. The highest BCUT2D eigenvalue weighted by Gasteiger charge is 2.51. The fraction of sp³-hybridized carbons (Fsp3) is 0.562. The monoisotopic (exact) mass is 260 g/mol. The van der Waals surface area contributed by atoms with E-state index in [1.165, 1.54) is 12.8 Å². The number of hydrogen-bond acceptors (Lipinski definition) is 2. The predicted molar refractivity (Wildman–Crippen MR) is 71.9 cm³/mol. The number of rotatable bonds is 4. The number of aliphatic hydroxyl groups excluding tert-OH is 1. The van der Waals surface area contributed by atoms with Crippen molar-refractivity contribution in [2.24, 2.45) is 5.92 Å². The van der Waals surface area contributed by atoms with Gasteiger partial charge in [0.25, 0.3) is 0 Å². The molecule has 0 heterocycles. The molecule has 2 aliphatic carbocycles. The van der Waals surface area contributed by atoms with Crippen molar-refractivity contribution in [1.29, 1.82) is 0 Å². The summed E-state index contributed by atoms with van der Waals surface area (Å²) in [6, 6.07) is 7.59. The molecule has 2 saturated carbocycles. The van der Waals surface area contributed by atoms with Crippen LogP contribution in [0.25, 0.3) is 0 Å². The second-order valence-electron chi connectivity index (χ2n) is 6.00. The predicted octanol–water partition coefficient (Wildman–Crippen LogP) is 3.03. The van der Waals surface area contributed by atoms with Crippen LogP contribution in [0.2, 0.25) is 0 Å². The summed E-state index contributed by atoms with van der Waals surface area (Å²) in [5.74, 6) is -0.393. The van der Waals surface area contributed by atoms with Crippen molar-refractivity contribution in [3.05, 3.63) is 35.4 Å². The van der Waals surface area contributed by atoms with E-state index in [9.17, 15) is 15.0 Å². The van der Waals surface area contributed by atoms with Crippen molar-refractivity contribution in [1.82, 2.24) is 0 Å². The van der Waals surface area contributed by atoms with Gasteiger partial charge >= 0.3 is 5.97 Å². The third kappa shape index (κ3) is 2.16. The fourth-order valence-electron chi connectivity index (χ4n) is 3.32. The van der Waals surface area contributed by atoms with E-state index in [1.807, 2.05) is 24.3 Å². The molecule has 3 nitrogen and oxygen atoms in total. The summed E-state index contributed by atoms with van der Waals surface area (Å²) in [6.45, 7) is 0. The highest BCUT2D eigenvalue weighted by atomic mass is 16.4. The van der Waals surface area contributed by atoms with Crippen molar-refractivity contribution in [3.63, 3.8) is 0 Å². The zero-order chi connectivity index (χ0) is 13.5. The molecule has 0 aromatic heterocycles. The Bertz CT molecular complexity index is 485. The molecule has 3 rings (SSSR count). The maximum Gasteiger partial charge on any atom is 0.314 e. The lowest BCUT2D eigenvalue weighted by atomic mass is 9.89. The lowest BCUT2D eigenvalue weighted by molar-refractivity contribution is -0.140. The lowest BCUT2D eigenvalue weighted by Gasteiger charge is -2.20. The van der Waals surface area contributed by atoms with E-state index in [4.69, 9.17) is 0 Å². The molecule has 2 aliphatic rings. The van der Waals surface area contributed by atoms with Gasteiger partial charge in [-0.15, -0.1) is 0 Å². The molecule has 1 unspecified atom stereocenters. The molecule has 0 spiro atoms. The van der Waals surface area contributed by atoms with E-state index >= 15 is 0 Å². The van der Waals surface area contributed by atoms with Gasteiger partial charge in [0.2, 0.25) is 0 Å². The third-order valence-electron chi connectivity index (χ3n) is 4.79. The van der Waals surface area contributed by atoms with Gasteiger partial charge in [-0.3, -0.25) is 4.79 Å². The number of aliphatic hydroxyl groups is 1. The first kappa shape index (κ1) is 12.7. The Kier molecular flexibility index (Phi) is 3.09. The van der Waals surface area contributed by atoms with Crippen molar-refractivity contribution < 1.29 is 15.0 Å². The van der Waals surface area contributed by atoms with Crippen LogP contribution in [0.4, 0.5) is 0 Å². The molecule has 1 aromatic rings. The maximum absolute atomic E-state index is 11.4. The third-order valence-corrected chi connectivity index (χ3v) is 4.79. The summed E-state index contributed by atoms with van der Waals surface area (Å²) in [4.78, 5) is 11.4. The van der Waals surface area contributed by atoms with Crippen LogP contribution >= 0.6 is 0 Å². The van der Waals surface area contributed by atoms with Gasteiger partial charge in [-0.05, 0) is 42.7 Å². The molecule has 0 amide bonds. The Morgan fingerprint density at radius 3 is 2.53 bits per heavy atom. The maximum atomic E-state index is 11.4. The van der Waals surface area contributed by atoms with Crippen LogP contribution in [0.5, 0.6) is 0 Å². The molecule has 1 aromatic carbocycles. The van der Waals surface area contributed by atoms with Crippen LogP contribution in [0.1, 0.15) is 55.8 Å². The largest absolute Gasteiger partial charge is 0.481 e. The van der Waals surface area contributed by atoms with Gasteiger partial charge in [-0.25, -0.2) is 0 Å². The number of carboxylic acids is 1. The van der Waals surface area contributed by atoms with Crippen LogP contribution in [-0.2, 0) is 10.2 Å². The summed E-state index contributed by atoms with van der Waals surface area (Å²) in [7, 11) is 0. The van der Waals surface area contributed by atoms with E-state index in [2.05, 4.69) is 0 Å². The normalized spacial score (nSPS) is 23.2. The molecule has 0 saturated heterocycles. The van der Waals surface area contributed by atoms with Crippen LogP contribution in [-0.4, -0.2) is 16.2 Å². The second kappa shape index (κ2) is 4.64. The summed E-state index contributed by atoms with van der Waals surface area (Å²) in [6.07, 6.45) is 5.54. The van der Waals surface area contributed by atoms with Gasteiger partial charge in [-0.1, -0.05) is 37.1 Å². The zero-order valence-corrected chi connectivity index (χ0v) is 11.0. The van der Waals surface area contributed by atoms with Crippen LogP contribution in [0.15, 0.2) is 24.3 Å². The van der Waals surface area contributed by atoms with E-state index in [1.54, 1.807) is 0 Å². The average Bonchev–Trinajstić information content (AvgIpc) is 3.07. The van der Waals surface area contributed by atoms with Gasteiger partial charge < -0.3 is 10.2 Å². The molecule has 0 radical (unpaired) electrons. The first-order valence-electron chi connectivity index (χ1n) is 7.15. The first-order chi connectivity index (χ1) is 9.13. The van der Waals surface area contributed by atoms with Gasteiger partial charge in [0.1, 0.15) is 0 Å². The summed E-state index contributed by atoms with van der Waals surface area (Å²) in [5.41, 5.74) is 1.07. The quantitative estimate of drug-likeness (QED) is 0.875. The topological polar surface area (TPSA) is 57.5 Å². The SMILES string of the molecule is O=C(O)C1(c2cccc(C(O)C3CCCC3)c2)CC1. The Morgan fingerprint density at radius 1 is 1.26 bits per heavy atom. The summed E-state index contributed by atoms with van der Waals surface area (Å²) < 4.78 is 0. The Hall–Kier alpha value is -1.35. The van der Waals surface area contributed by atoms with Crippen LogP contribution < -0.4 is 0 Å². The van der Waals surface area contributed by atoms with Crippen molar-refractivity contribution in [3.8, 4) is 0 Å². The van der Waals surface area contributed by atoms with Gasteiger partial charge in [-0.2, -0.15) is 0 Å². The van der Waals surface area contributed by atoms with Gasteiger partial charge in [0.05, 0.1) is 11.5 Å². The van der Waals surface area contributed by atoms with Crippen molar-refractivity contribution in [2.45, 2.75) is 50.0 Å². The summed E-state index contributed by atoms with van der Waals surface area (Å²) in [5, 5.41) is 19.8. The van der Waals surface area contributed by atoms with E-state index in [0.29, 0.717) is 18.8 Å². The number of aliphatic carboxylic acids is 1. The molecular formula is C16H20O3. The van der Waals surface area contributed by atoms with Crippen LogP contribution in [0.3, 0.4) is 0 Å². The van der Waals surface area contributed by atoms with E-state index < -0.39 is 17.5 Å². The Balaban J connectivity index is 1.86. The van der Waals surface area contributed by atoms with E-state index in [0.717, 1.165) is 24.0 Å². The molecule has 0 bridgehead atoms. The Labute approximate surface area is 113 Å². The molecule has 0 aliphatic heterocycles.